The van der Waals surface area contributed by atoms with E-state index in [2.05, 4.69) is 10.4 Å². The number of aromatic nitrogens is 2. The van der Waals surface area contributed by atoms with Gasteiger partial charge in [0.15, 0.2) is 5.69 Å². The van der Waals surface area contributed by atoms with Gasteiger partial charge in [0.05, 0.1) is 22.2 Å². The van der Waals surface area contributed by atoms with Crippen LogP contribution in [0.15, 0.2) is 30.5 Å². The van der Waals surface area contributed by atoms with Crippen LogP contribution in [0.5, 0.6) is 0 Å². The molecule has 21 heavy (non-hydrogen) atoms. The zero-order chi connectivity index (χ0) is 15.2. The number of halogens is 1. The molecule has 7 nitrogen and oxygen atoms in total. The second-order valence-corrected chi connectivity index (χ2v) is 4.69. The zero-order valence-corrected chi connectivity index (χ0v) is 12.2. The Morgan fingerprint density at radius 1 is 1.48 bits per heavy atom. The highest BCUT2D eigenvalue weighted by atomic mass is 35.5. The summed E-state index contributed by atoms with van der Waals surface area (Å²) >= 11 is 6.07. The van der Waals surface area contributed by atoms with Crippen LogP contribution in [0.25, 0.3) is 5.69 Å². The van der Waals surface area contributed by atoms with Crippen LogP contribution in [0.2, 0.25) is 5.02 Å². The van der Waals surface area contributed by atoms with Crippen molar-refractivity contribution < 1.29 is 9.66 Å². The minimum atomic E-state index is -0.473. The van der Waals surface area contributed by atoms with Crippen LogP contribution in [0.4, 0.5) is 5.69 Å². The largest absolute Gasteiger partial charge is 0.383 e. The number of para-hydroxylation sites is 1. The summed E-state index contributed by atoms with van der Waals surface area (Å²) in [6, 6.07) is 6.33. The smallest absolute Gasteiger partial charge is 0.296 e. The maximum Gasteiger partial charge on any atom is 0.296 e. The van der Waals surface area contributed by atoms with E-state index in [0.717, 1.165) is 5.69 Å². The fourth-order valence-electron chi connectivity index (χ4n) is 1.85. The van der Waals surface area contributed by atoms with Gasteiger partial charge in [-0.2, -0.15) is 5.10 Å². The summed E-state index contributed by atoms with van der Waals surface area (Å²) in [5, 5.41) is 18.8. The van der Waals surface area contributed by atoms with Crippen molar-refractivity contribution in [2.75, 3.05) is 20.3 Å². The minimum absolute atomic E-state index is 0.0792. The van der Waals surface area contributed by atoms with Crippen molar-refractivity contribution in [3.05, 3.63) is 51.3 Å². The molecule has 1 N–H and O–H groups in total. The maximum atomic E-state index is 11.1. The third-order valence-electron chi connectivity index (χ3n) is 2.82. The van der Waals surface area contributed by atoms with Crippen molar-refractivity contribution in [1.82, 2.24) is 15.1 Å². The Labute approximate surface area is 126 Å². The molecule has 0 unspecified atom stereocenters. The van der Waals surface area contributed by atoms with E-state index >= 15 is 0 Å². The number of nitro groups is 1. The number of rotatable bonds is 7. The fourth-order valence-corrected chi connectivity index (χ4v) is 2.11. The SMILES string of the molecule is COCCNCc1ccn(-c2c(Cl)cccc2[N+](=O)[O-])n1. The second kappa shape index (κ2) is 7.16. The third kappa shape index (κ3) is 3.78. The van der Waals surface area contributed by atoms with Crippen LogP contribution < -0.4 is 5.32 Å². The molecule has 2 rings (SSSR count). The first-order valence-corrected chi connectivity index (χ1v) is 6.68. The highest BCUT2D eigenvalue weighted by Crippen LogP contribution is 2.29. The molecule has 1 aromatic heterocycles. The molecule has 2 aromatic rings. The number of methoxy groups -OCH3 is 1. The summed E-state index contributed by atoms with van der Waals surface area (Å²) in [6.45, 7) is 1.86. The molecule has 0 saturated carbocycles. The van der Waals surface area contributed by atoms with Crippen molar-refractivity contribution in [2.24, 2.45) is 0 Å². The second-order valence-electron chi connectivity index (χ2n) is 4.29. The number of nitrogens with zero attached hydrogens (tertiary/aromatic N) is 3. The molecular weight excluding hydrogens is 296 g/mol. The normalized spacial score (nSPS) is 10.8. The Balaban J connectivity index is 2.20. The molecule has 0 atom stereocenters. The Hall–Kier alpha value is -1.96. The van der Waals surface area contributed by atoms with Crippen LogP contribution in [0.1, 0.15) is 5.69 Å². The Bertz CT molecular complexity index is 630. The number of hydrogen-bond acceptors (Lipinski definition) is 5. The molecule has 1 aromatic carbocycles. The lowest BCUT2D eigenvalue weighted by Gasteiger charge is -2.05. The summed E-state index contributed by atoms with van der Waals surface area (Å²) in [5.74, 6) is 0. The molecule has 0 amide bonds. The minimum Gasteiger partial charge on any atom is -0.383 e. The zero-order valence-electron chi connectivity index (χ0n) is 11.5. The molecule has 8 heteroatoms. The van der Waals surface area contributed by atoms with Crippen LogP contribution >= 0.6 is 11.6 Å². The lowest BCUT2D eigenvalue weighted by atomic mass is 10.2. The molecule has 0 aliphatic carbocycles. The predicted octanol–water partition coefficient (Wildman–Crippen LogP) is 2.17. The van der Waals surface area contributed by atoms with Gasteiger partial charge in [0, 0.05) is 32.5 Å². The number of ether oxygens (including phenoxy) is 1. The molecule has 0 saturated heterocycles. The summed E-state index contributed by atoms with van der Waals surface area (Å²) in [5.41, 5.74) is 0.956. The Morgan fingerprint density at radius 2 is 2.29 bits per heavy atom. The summed E-state index contributed by atoms with van der Waals surface area (Å²) in [7, 11) is 1.63. The van der Waals surface area contributed by atoms with Crippen LogP contribution in [0.3, 0.4) is 0 Å². The number of benzene rings is 1. The van der Waals surface area contributed by atoms with E-state index in [1.165, 1.54) is 10.7 Å². The fraction of sp³-hybridized carbons (Fsp3) is 0.308. The first-order chi connectivity index (χ1) is 10.1. The van der Waals surface area contributed by atoms with Crippen LogP contribution in [-0.4, -0.2) is 35.0 Å². The monoisotopic (exact) mass is 310 g/mol. The van der Waals surface area contributed by atoms with Gasteiger partial charge in [0.25, 0.3) is 5.69 Å². The molecule has 0 bridgehead atoms. The molecule has 112 valence electrons. The van der Waals surface area contributed by atoms with Gasteiger partial charge in [-0.15, -0.1) is 0 Å². The van der Waals surface area contributed by atoms with Crippen molar-refractivity contribution >= 4 is 17.3 Å². The van der Waals surface area contributed by atoms with E-state index in [1.807, 2.05) is 0 Å². The molecule has 0 radical (unpaired) electrons. The van der Waals surface area contributed by atoms with E-state index in [0.29, 0.717) is 19.7 Å². The topological polar surface area (TPSA) is 82.2 Å². The van der Waals surface area contributed by atoms with Crippen LogP contribution in [0, 0.1) is 10.1 Å². The first-order valence-electron chi connectivity index (χ1n) is 6.31. The van der Waals surface area contributed by atoms with E-state index in [9.17, 15) is 10.1 Å². The molecule has 0 fully saturated rings. The summed E-state index contributed by atoms with van der Waals surface area (Å²) < 4.78 is 6.36. The Morgan fingerprint density at radius 3 is 3.00 bits per heavy atom. The van der Waals surface area contributed by atoms with E-state index in [4.69, 9.17) is 16.3 Å². The lowest BCUT2D eigenvalue weighted by Crippen LogP contribution is -2.18. The van der Waals surface area contributed by atoms with Gasteiger partial charge in [0.2, 0.25) is 0 Å². The van der Waals surface area contributed by atoms with Crippen molar-refractivity contribution in [1.29, 1.82) is 0 Å². The Kier molecular flexibility index (Phi) is 5.26. The molecule has 0 aliphatic heterocycles. The van der Waals surface area contributed by atoms with Gasteiger partial charge < -0.3 is 10.1 Å². The van der Waals surface area contributed by atoms with Gasteiger partial charge in [-0.05, 0) is 12.1 Å². The molecule has 1 heterocycles. The lowest BCUT2D eigenvalue weighted by molar-refractivity contribution is -0.384. The molecular formula is C13H15ClN4O3. The van der Waals surface area contributed by atoms with Gasteiger partial charge in [-0.3, -0.25) is 10.1 Å². The average Bonchev–Trinajstić information content (AvgIpc) is 2.91. The van der Waals surface area contributed by atoms with Crippen molar-refractivity contribution in [3.8, 4) is 5.69 Å². The van der Waals surface area contributed by atoms with E-state index < -0.39 is 4.92 Å². The van der Waals surface area contributed by atoms with Gasteiger partial charge >= 0.3 is 0 Å². The van der Waals surface area contributed by atoms with Crippen LogP contribution in [-0.2, 0) is 11.3 Å². The highest BCUT2D eigenvalue weighted by Gasteiger charge is 2.19. The average molecular weight is 311 g/mol. The van der Waals surface area contributed by atoms with E-state index in [-0.39, 0.29) is 16.4 Å². The van der Waals surface area contributed by atoms with Gasteiger partial charge in [-0.25, -0.2) is 4.68 Å². The van der Waals surface area contributed by atoms with Gasteiger partial charge in [0.1, 0.15) is 0 Å². The van der Waals surface area contributed by atoms with Crippen molar-refractivity contribution in [3.63, 3.8) is 0 Å². The molecule has 0 aliphatic rings. The quantitative estimate of drug-likeness (QED) is 0.481. The third-order valence-corrected chi connectivity index (χ3v) is 3.13. The number of nitro benzene ring substituents is 1. The standard InChI is InChI=1S/C13H15ClN4O3/c1-21-8-6-15-9-10-5-7-17(16-10)13-11(14)3-2-4-12(13)18(19)20/h2-5,7,15H,6,8-9H2,1H3. The van der Waals surface area contributed by atoms with E-state index in [1.54, 1.807) is 31.5 Å². The highest BCUT2D eigenvalue weighted by molar-refractivity contribution is 6.32. The molecule has 0 spiro atoms. The first kappa shape index (κ1) is 15.4. The van der Waals surface area contributed by atoms with Crippen molar-refractivity contribution in [2.45, 2.75) is 6.54 Å². The maximum absolute atomic E-state index is 11.1. The summed E-state index contributed by atoms with van der Waals surface area (Å²) in [6.07, 6.45) is 1.65. The number of nitrogens with one attached hydrogen (secondary N) is 1. The summed E-state index contributed by atoms with van der Waals surface area (Å²) in [4.78, 5) is 10.6. The van der Waals surface area contributed by atoms with Gasteiger partial charge in [-0.1, -0.05) is 17.7 Å². The number of hydrogen-bond donors (Lipinski definition) is 1. The predicted molar refractivity (Wildman–Crippen MR) is 78.8 cm³/mol.